The maximum atomic E-state index is 12.5. The first-order valence-electron chi connectivity index (χ1n) is 9.72. The lowest BCUT2D eigenvalue weighted by molar-refractivity contribution is -0.139. The van der Waals surface area contributed by atoms with Crippen molar-refractivity contribution in [2.75, 3.05) is 19.0 Å². The Morgan fingerprint density at radius 2 is 1.70 bits per heavy atom. The van der Waals surface area contributed by atoms with Gasteiger partial charge in [-0.1, -0.05) is 29.8 Å². The smallest absolute Gasteiger partial charge is 0.338 e. The Morgan fingerprint density at radius 1 is 1.07 bits per heavy atom. The Balaban J connectivity index is 1.83. The Bertz CT molecular complexity index is 994. The molecule has 0 aliphatic carbocycles. The van der Waals surface area contributed by atoms with Gasteiger partial charge in [-0.25, -0.2) is 9.59 Å². The maximum absolute atomic E-state index is 12.5. The minimum absolute atomic E-state index is 0.210. The number of allylic oxidation sites excluding steroid dienone is 1. The number of hydrogen-bond donors (Lipinski definition) is 2. The van der Waals surface area contributed by atoms with Gasteiger partial charge in [0.2, 0.25) is 0 Å². The van der Waals surface area contributed by atoms with E-state index in [4.69, 9.17) is 4.74 Å². The normalized spacial score (nSPS) is 16.2. The molecule has 0 unspecified atom stereocenters. The highest BCUT2D eigenvalue weighted by atomic mass is 16.5. The molecule has 7 nitrogen and oxygen atoms in total. The first kappa shape index (κ1) is 21.1. The van der Waals surface area contributed by atoms with Gasteiger partial charge in [0.25, 0.3) is 5.91 Å². The van der Waals surface area contributed by atoms with Crippen molar-refractivity contribution in [2.45, 2.75) is 26.8 Å². The summed E-state index contributed by atoms with van der Waals surface area (Å²) in [6, 6.07) is 13.4. The van der Waals surface area contributed by atoms with Gasteiger partial charge in [-0.2, -0.15) is 0 Å². The van der Waals surface area contributed by atoms with Crippen molar-refractivity contribution in [3.63, 3.8) is 0 Å². The number of esters is 1. The minimum Gasteiger partial charge on any atom is -0.463 e. The summed E-state index contributed by atoms with van der Waals surface area (Å²) in [6.07, 6.45) is 0. The third kappa shape index (κ3) is 4.35. The van der Waals surface area contributed by atoms with Crippen molar-refractivity contribution >= 4 is 23.6 Å². The molecule has 156 valence electrons. The fraction of sp³-hybridized carbons (Fsp3) is 0.261. The standard InChI is InChI=1S/C23H25N3O4/c1-5-30-22(28)19-15(3)26(4)23(29)25-20(19)16-10-12-18(13-11-16)24-21(27)17-8-6-14(2)7-9-17/h6-13,20H,5H2,1-4H3,(H,24,27)(H,25,29)/t20-/m0/s1. The van der Waals surface area contributed by atoms with E-state index in [2.05, 4.69) is 10.6 Å². The quantitative estimate of drug-likeness (QED) is 0.739. The van der Waals surface area contributed by atoms with Gasteiger partial charge in [0.15, 0.2) is 0 Å². The molecular weight excluding hydrogens is 382 g/mol. The highest BCUT2D eigenvalue weighted by Crippen LogP contribution is 2.31. The number of benzene rings is 2. The molecule has 2 aromatic rings. The molecule has 0 radical (unpaired) electrons. The topological polar surface area (TPSA) is 87.7 Å². The average molecular weight is 407 g/mol. The molecule has 7 heteroatoms. The molecule has 1 aliphatic rings. The molecule has 1 atom stereocenters. The average Bonchev–Trinajstić information content (AvgIpc) is 2.73. The van der Waals surface area contributed by atoms with Gasteiger partial charge in [-0.3, -0.25) is 4.79 Å². The third-order valence-corrected chi connectivity index (χ3v) is 5.07. The van der Waals surface area contributed by atoms with Crippen molar-refractivity contribution < 1.29 is 19.1 Å². The number of amides is 3. The number of carbonyl (C=O) groups excluding carboxylic acids is 3. The van der Waals surface area contributed by atoms with Crippen LogP contribution in [0.4, 0.5) is 10.5 Å². The van der Waals surface area contributed by atoms with E-state index >= 15 is 0 Å². The summed E-state index contributed by atoms with van der Waals surface area (Å²) in [5.74, 6) is -0.679. The first-order chi connectivity index (χ1) is 14.3. The minimum atomic E-state index is -0.630. The van der Waals surface area contributed by atoms with Crippen molar-refractivity contribution in [2.24, 2.45) is 0 Å². The van der Waals surface area contributed by atoms with Crippen LogP contribution in [0.25, 0.3) is 0 Å². The van der Waals surface area contributed by atoms with Crippen LogP contribution in [0.2, 0.25) is 0 Å². The number of anilines is 1. The van der Waals surface area contributed by atoms with Gasteiger partial charge in [0.1, 0.15) is 0 Å². The van der Waals surface area contributed by atoms with Gasteiger partial charge < -0.3 is 20.3 Å². The lowest BCUT2D eigenvalue weighted by Gasteiger charge is -2.33. The van der Waals surface area contributed by atoms with Crippen LogP contribution in [0.5, 0.6) is 0 Å². The van der Waals surface area contributed by atoms with E-state index < -0.39 is 12.0 Å². The van der Waals surface area contributed by atoms with Gasteiger partial charge in [-0.05, 0) is 50.6 Å². The van der Waals surface area contributed by atoms with E-state index in [-0.39, 0.29) is 18.5 Å². The van der Waals surface area contributed by atoms with E-state index in [0.717, 1.165) is 5.56 Å². The second-order valence-corrected chi connectivity index (χ2v) is 7.10. The predicted molar refractivity (Wildman–Crippen MR) is 114 cm³/mol. The molecular formula is C23H25N3O4. The summed E-state index contributed by atoms with van der Waals surface area (Å²) in [4.78, 5) is 38.6. The van der Waals surface area contributed by atoms with Crippen molar-refractivity contribution in [3.8, 4) is 0 Å². The van der Waals surface area contributed by atoms with Crippen molar-refractivity contribution in [1.29, 1.82) is 0 Å². The monoisotopic (exact) mass is 407 g/mol. The maximum Gasteiger partial charge on any atom is 0.338 e. The van der Waals surface area contributed by atoms with Gasteiger partial charge in [0.05, 0.1) is 18.2 Å². The second-order valence-electron chi connectivity index (χ2n) is 7.10. The predicted octanol–water partition coefficient (Wildman–Crippen LogP) is 3.78. The number of nitrogens with one attached hydrogen (secondary N) is 2. The molecule has 1 aliphatic heterocycles. The fourth-order valence-corrected chi connectivity index (χ4v) is 3.23. The molecule has 0 bridgehead atoms. The number of carbonyl (C=O) groups is 3. The van der Waals surface area contributed by atoms with Crippen molar-refractivity contribution in [1.82, 2.24) is 10.2 Å². The van der Waals surface area contributed by atoms with Crippen LogP contribution in [0.1, 0.15) is 41.4 Å². The summed E-state index contributed by atoms with van der Waals surface area (Å²) in [5.41, 5.74) is 3.90. The van der Waals surface area contributed by atoms with Crippen LogP contribution >= 0.6 is 0 Å². The number of rotatable bonds is 5. The molecule has 0 spiro atoms. The fourth-order valence-electron chi connectivity index (χ4n) is 3.23. The molecule has 0 aromatic heterocycles. The van der Waals surface area contributed by atoms with Crippen LogP contribution in [-0.2, 0) is 9.53 Å². The summed E-state index contributed by atoms with van der Waals surface area (Å²) in [5, 5.41) is 5.68. The number of nitrogens with zero attached hydrogens (tertiary/aromatic N) is 1. The number of aryl methyl sites for hydroxylation is 1. The highest BCUT2D eigenvalue weighted by Gasteiger charge is 2.34. The van der Waals surface area contributed by atoms with Crippen LogP contribution < -0.4 is 10.6 Å². The molecule has 3 amide bonds. The molecule has 0 fully saturated rings. The summed E-state index contributed by atoms with van der Waals surface area (Å²) in [6.45, 7) is 5.65. The third-order valence-electron chi connectivity index (χ3n) is 5.07. The van der Waals surface area contributed by atoms with Crippen molar-refractivity contribution in [3.05, 3.63) is 76.5 Å². The molecule has 2 N–H and O–H groups in total. The largest absolute Gasteiger partial charge is 0.463 e. The van der Waals surface area contributed by atoms with E-state index in [9.17, 15) is 14.4 Å². The Labute approximate surface area is 175 Å². The first-order valence-corrected chi connectivity index (χ1v) is 9.72. The van der Waals surface area contributed by atoms with Gasteiger partial charge in [0, 0.05) is 24.0 Å². The van der Waals surface area contributed by atoms with Crippen LogP contribution in [0.15, 0.2) is 59.8 Å². The molecule has 3 rings (SSSR count). The molecule has 2 aromatic carbocycles. The van der Waals surface area contributed by atoms with E-state index in [1.807, 2.05) is 19.1 Å². The lowest BCUT2D eigenvalue weighted by Crippen LogP contribution is -2.46. The number of ether oxygens (including phenoxy) is 1. The second kappa shape index (κ2) is 8.82. The summed E-state index contributed by atoms with van der Waals surface area (Å²) < 4.78 is 5.19. The van der Waals surface area contributed by atoms with E-state index in [0.29, 0.717) is 28.1 Å². The Morgan fingerprint density at radius 3 is 2.30 bits per heavy atom. The zero-order valence-electron chi connectivity index (χ0n) is 17.5. The zero-order chi connectivity index (χ0) is 21.8. The zero-order valence-corrected chi connectivity index (χ0v) is 17.5. The molecule has 0 saturated heterocycles. The summed E-state index contributed by atoms with van der Waals surface area (Å²) in [7, 11) is 1.60. The Hall–Kier alpha value is -3.61. The Kier molecular flexibility index (Phi) is 6.20. The van der Waals surface area contributed by atoms with Crippen LogP contribution in [-0.4, -0.2) is 36.5 Å². The van der Waals surface area contributed by atoms with E-state index in [1.165, 1.54) is 4.90 Å². The lowest BCUT2D eigenvalue weighted by atomic mass is 9.95. The molecule has 30 heavy (non-hydrogen) atoms. The van der Waals surface area contributed by atoms with Gasteiger partial charge >= 0.3 is 12.0 Å². The van der Waals surface area contributed by atoms with Gasteiger partial charge in [-0.15, -0.1) is 0 Å². The SMILES string of the molecule is CCOC(=O)C1=C(C)N(C)C(=O)N[C@H]1c1ccc(NC(=O)c2ccc(C)cc2)cc1. The molecule has 1 heterocycles. The van der Waals surface area contributed by atoms with E-state index in [1.54, 1.807) is 57.3 Å². The number of urea groups is 1. The number of hydrogen-bond acceptors (Lipinski definition) is 4. The van der Waals surface area contributed by atoms with Crippen LogP contribution in [0, 0.1) is 6.92 Å². The highest BCUT2D eigenvalue weighted by molar-refractivity contribution is 6.04. The molecule has 0 saturated carbocycles. The van der Waals surface area contributed by atoms with Crippen LogP contribution in [0.3, 0.4) is 0 Å². The summed E-state index contributed by atoms with van der Waals surface area (Å²) >= 11 is 0.